The highest BCUT2D eigenvalue weighted by molar-refractivity contribution is 5.79. The number of hydrogen-bond acceptors (Lipinski definition) is 4. The third-order valence-corrected chi connectivity index (χ3v) is 3.53. The minimum atomic E-state index is 0.516. The third kappa shape index (κ3) is 2.91. The van der Waals surface area contributed by atoms with Crippen molar-refractivity contribution in [2.75, 3.05) is 25.4 Å². The van der Waals surface area contributed by atoms with Crippen molar-refractivity contribution in [1.82, 2.24) is 14.5 Å². The number of anilines is 1. The van der Waals surface area contributed by atoms with E-state index in [9.17, 15) is 0 Å². The van der Waals surface area contributed by atoms with Gasteiger partial charge in [-0.05, 0) is 37.7 Å². The molecule has 20 heavy (non-hydrogen) atoms. The van der Waals surface area contributed by atoms with E-state index in [4.69, 9.17) is 11.0 Å². The van der Waals surface area contributed by atoms with Crippen LogP contribution in [0.3, 0.4) is 0 Å². The second kappa shape index (κ2) is 6.40. The SMILES string of the molecule is CCCN(CC)CCn1c(N)nc2ccc(C#N)cc21. The number of nitrogen functional groups attached to an aromatic ring is 1. The number of imidazole rings is 1. The van der Waals surface area contributed by atoms with Crippen molar-refractivity contribution in [3.63, 3.8) is 0 Å². The molecule has 0 unspecified atom stereocenters. The highest BCUT2D eigenvalue weighted by atomic mass is 15.2. The van der Waals surface area contributed by atoms with Gasteiger partial charge in [0.2, 0.25) is 5.95 Å². The molecule has 2 N–H and O–H groups in total. The Morgan fingerprint density at radius 2 is 2.15 bits per heavy atom. The Labute approximate surface area is 119 Å². The first-order valence-corrected chi connectivity index (χ1v) is 7.07. The van der Waals surface area contributed by atoms with Crippen molar-refractivity contribution < 1.29 is 0 Å². The summed E-state index contributed by atoms with van der Waals surface area (Å²) in [4.78, 5) is 6.74. The lowest BCUT2D eigenvalue weighted by atomic mass is 10.2. The lowest BCUT2D eigenvalue weighted by Gasteiger charge is -2.20. The molecule has 0 spiro atoms. The van der Waals surface area contributed by atoms with E-state index in [0.29, 0.717) is 11.5 Å². The molecule has 0 aliphatic carbocycles. The number of rotatable bonds is 6. The van der Waals surface area contributed by atoms with Crippen molar-refractivity contribution in [3.05, 3.63) is 23.8 Å². The first-order chi connectivity index (χ1) is 9.69. The largest absolute Gasteiger partial charge is 0.369 e. The number of fused-ring (bicyclic) bond motifs is 1. The Bertz CT molecular complexity index is 623. The van der Waals surface area contributed by atoms with Crippen LogP contribution in [0.15, 0.2) is 18.2 Å². The smallest absolute Gasteiger partial charge is 0.201 e. The van der Waals surface area contributed by atoms with E-state index in [-0.39, 0.29) is 0 Å². The molecule has 0 fully saturated rings. The number of nitriles is 1. The minimum absolute atomic E-state index is 0.516. The van der Waals surface area contributed by atoms with Gasteiger partial charge in [-0.25, -0.2) is 4.98 Å². The monoisotopic (exact) mass is 271 g/mol. The van der Waals surface area contributed by atoms with Crippen LogP contribution in [0.2, 0.25) is 0 Å². The molecule has 2 aromatic rings. The molecule has 1 aromatic heterocycles. The van der Waals surface area contributed by atoms with E-state index in [1.54, 1.807) is 6.07 Å². The molecule has 0 saturated carbocycles. The van der Waals surface area contributed by atoms with Crippen molar-refractivity contribution in [3.8, 4) is 6.07 Å². The number of likely N-dealkylation sites (N-methyl/N-ethyl adjacent to an activating group) is 1. The van der Waals surface area contributed by atoms with Crippen LogP contribution in [0.25, 0.3) is 11.0 Å². The highest BCUT2D eigenvalue weighted by Gasteiger charge is 2.10. The van der Waals surface area contributed by atoms with Crippen molar-refractivity contribution >= 4 is 17.0 Å². The summed E-state index contributed by atoms with van der Waals surface area (Å²) in [5.41, 5.74) is 8.42. The molecule has 1 heterocycles. The quantitative estimate of drug-likeness (QED) is 0.874. The molecule has 0 saturated heterocycles. The summed E-state index contributed by atoms with van der Waals surface area (Å²) in [6.45, 7) is 8.21. The average molecular weight is 271 g/mol. The Balaban J connectivity index is 2.24. The number of benzene rings is 1. The fourth-order valence-electron chi connectivity index (χ4n) is 2.43. The summed E-state index contributed by atoms with van der Waals surface area (Å²) in [6, 6.07) is 7.64. The second-order valence-corrected chi connectivity index (χ2v) is 4.87. The van der Waals surface area contributed by atoms with Gasteiger partial charge >= 0.3 is 0 Å². The molecule has 0 amide bonds. The zero-order chi connectivity index (χ0) is 14.5. The van der Waals surface area contributed by atoms with Crippen molar-refractivity contribution in [1.29, 1.82) is 5.26 Å². The number of aromatic nitrogens is 2. The van der Waals surface area contributed by atoms with E-state index in [1.807, 2.05) is 16.7 Å². The van der Waals surface area contributed by atoms with Gasteiger partial charge < -0.3 is 15.2 Å². The molecule has 106 valence electrons. The normalized spacial score (nSPS) is 11.1. The highest BCUT2D eigenvalue weighted by Crippen LogP contribution is 2.19. The van der Waals surface area contributed by atoms with Crippen molar-refractivity contribution in [2.24, 2.45) is 0 Å². The molecular formula is C15H21N5. The summed E-state index contributed by atoms with van der Waals surface area (Å²) < 4.78 is 1.99. The van der Waals surface area contributed by atoms with E-state index in [1.165, 1.54) is 0 Å². The Kier molecular flexibility index (Phi) is 4.59. The summed E-state index contributed by atoms with van der Waals surface area (Å²) in [5, 5.41) is 9.00. The van der Waals surface area contributed by atoms with Gasteiger partial charge in [0.05, 0.1) is 22.7 Å². The Morgan fingerprint density at radius 1 is 1.35 bits per heavy atom. The zero-order valence-corrected chi connectivity index (χ0v) is 12.1. The standard InChI is InChI=1S/C15H21N5/c1-3-7-19(4-2)8-9-20-14-10-12(11-16)5-6-13(14)18-15(20)17/h5-6,10H,3-4,7-9H2,1-2H3,(H2,17,18). The molecule has 2 rings (SSSR count). The van der Waals surface area contributed by atoms with Gasteiger partial charge in [-0.3, -0.25) is 0 Å². The van der Waals surface area contributed by atoms with Crippen LogP contribution in [0.5, 0.6) is 0 Å². The van der Waals surface area contributed by atoms with Crippen LogP contribution in [-0.2, 0) is 6.54 Å². The fraction of sp³-hybridized carbons (Fsp3) is 0.467. The van der Waals surface area contributed by atoms with Gasteiger partial charge in [-0.1, -0.05) is 13.8 Å². The molecular weight excluding hydrogens is 250 g/mol. The van der Waals surface area contributed by atoms with Gasteiger partial charge in [-0.2, -0.15) is 5.26 Å². The molecule has 1 aromatic carbocycles. The third-order valence-electron chi connectivity index (χ3n) is 3.53. The average Bonchev–Trinajstić information content (AvgIpc) is 2.78. The van der Waals surface area contributed by atoms with Crippen LogP contribution in [-0.4, -0.2) is 34.1 Å². The van der Waals surface area contributed by atoms with Gasteiger partial charge in [0.1, 0.15) is 0 Å². The summed E-state index contributed by atoms with van der Waals surface area (Å²) >= 11 is 0. The topological polar surface area (TPSA) is 70.9 Å². The second-order valence-electron chi connectivity index (χ2n) is 4.87. The van der Waals surface area contributed by atoms with Crippen molar-refractivity contribution in [2.45, 2.75) is 26.8 Å². The Morgan fingerprint density at radius 3 is 2.80 bits per heavy atom. The first kappa shape index (κ1) is 14.4. The van der Waals surface area contributed by atoms with Crippen LogP contribution in [0, 0.1) is 11.3 Å². The van der Waals surface area contributed by atoms with Crippen LogP contribution >= 0.6 is 0 Å². The molecule has 0 atom stereocenters. The number of nitrogens with zero attached hydrogens (tertiary/aromatic N) is 4. The van der Waals surface area contributed by atoms with Crippen LogP contribution in [0.1, 0.15) is 25.8 Å². The lowest BCUT2D eigenvalue weighted by molar-refractivity contribution is 0.278. The summed E-state index contributed by atoms with van der Waals surface area (Å²) in [5.74, 6) is 0.516. The Hall–Kier alpha value is -2.06. The first-order valence-electron chi connectivity index (χ1n) is 7.07. The maximum Gasteiger partial charge on any atom is 0.201 e. The van der Waals surface area contributed by atoms with Gasteiger partial charge in [-0.15, -0.1) is 0 Å². The fourth-order valence-corrected chi connectivity index (χ4v) is 2.43. The predicted molar refractivity (Wildman–Crippen MR) is 81.3 cm³/mol. The maximum atomic E-state index is 9.00. The molecule has 0 radical (unpaired) electrons. The molecule has 5 heteroatoms. The zero-order valence-electron chi connectivity index (χ0n) is 12.1. The predicted octanol–water partition coefficient (Wildman–Crippen LogP) is 2.22. The van der Waals surface area contributed by atoms with Crippen LogP contribution in [0.4, 0.5) is 5.95 Å². The molecule has 5 nitrogen and oxygen atoms in total. The van der Waals surface area contributed by atoms with Gasteiger partial charge in [0, 0.05) is 13.1 Å². The lowest BCUT2D eigenvalue weighted by Crippen LogP contribution is -2.28. The van der Waals surface area contributed by atoms with E-state index >= 15 is 0 Å². The molecule has 0 bridgehead atoms. The number of hydrogen-bond donors (Lipinski definition) is 1. The molecule has 0 aliphatic heterocycles. The van der Waals surface area contributed by atoms with E-state index < -0.39 is 0 Å². The minimum Gasteiger partial charge on any atom is -0.369 e. The van der Waals surface area contributed by atoms with E-state index in [0.717, 1.165) is 43.6 Å². The summed E-state index contributed by atoms with van der Waals surface area (Å²) in [6.07, 6.45) is 1.15. The van der Waals surface area contributed by atoms with E-state index in [2.05, 4.69) is 29.8 Å². The van der Waals surface area contributed by atoms with Crippen LogP contribution < -0.4 is 5.73 Å². The van der Waals surface area contributed by atoms with Gasteiger partial charge in [0.15, 0.2) is 0 Å². The number of nitrogens with two attached hydrogens (primary N) is 1. The van der Waals surface area contributed by atoms with Gasteiger partial charge in [0.25, 0.3) is 0 Å². The summed E-state index contributed by atoms with van der Waals surface area (Å²) in [7, 11) is 0. The maximum absolute atomic E-state index is 9.00. The molecule has 0 aliphatic rings.